The summed E-state index contributed by atoms with van der Waals surface area (Å²) in [5.41, 5.74) is 0. The van der Waals surface area contributed by atoms with Crippen molar-refractivity contribution in [3.05, 3.63) is 10.8 Å². The van der Waals surface area contributed by atoms with Gasteiger partial charge in [0.1, 0.15) is 22.4 Å². The summed E-state index contributed by atoms with van der Waals surface area (Å²) in [6.07, 6.45) is 3.23. The first-order valence-corrected chi connectivity index (χ1v) is 6.60. The van der Waals surface area contributed by atoms with E-state index >= 15 is 0 Å². The average Bonchev–Trinajstić information content (AvgIpc) is 2.32. The number of hydrogen-bond donors (Lipinski definition) is 3. The summed E-state index contributed by atoms with van der Waals surface area (Å²) in [5.74, 6) is 1.57. The third kappa shape index (κ3) is 4.47. The van der Waals surface area contributed by atoms with Gasteiger partial charge in [0.05, 0.1) is 0 Å². The van der Waals surface area contributed by atoms with E-state index in [1.165, 1.54) is 6.33 Å². The van der Waals surface area contributed by atoms with Gasteiger partial charge in [-0.3, -0.25) is 0 Å². The van der Waals surface area contributed by atoms with Crippen LogP contribution in [0, 0.1) is 0 Å². The molecule has 0 spiro atoms. The van der Waals surface area contributed by atoms with Crippen LogP contribution in [-0.2, 0) is 0 Å². The SMILES string of the molecule is CCNc1ncnc(NC(C)CCCO)c1Br. The second-order valence-electron chi connectivity index (χ2n) is 3.83. The van der Waals surface area contributed by atoms with Gasteiger partial charge in [0.2, 0.25) is 0 Å². The Balaban J connectivity index is 2.67. The molecule has 0 bridgehead atoms. The second kappa shape index (κ2) is 7.45. The zero-order valence-corrected chi connectivity index (χ0v) is 11.8. The fraction of sp³-hybridized carbons (Fsp3) is 0.636. The molecule has 0 saturated carbocycles. The molecule has 0 radical (unpaired) electrons. The Morgan fingerprint density at radius 3 is 2.76 bits per heavy atom. The molecule has 0 aromatic carbocycles. The Morgan fingerprint density at radius 2 is 2.12 bits per heavy atom. The van der Waals surface area contributed by atoms with Gasteiger partial charge in [0, 0.05) is 19.2 Å². The smallest absolute Gasteiger partial charge is 0.146 e. The zero-order chi connectivity index (χ0) is 12.7. The molecular weight excluding hydrogens is 284 g/mol. The lowest BCUT2D eigenvalue weighted by Gasteiger charge is -2.16. The van der Waals surface area contributed by atoms with E-state index in [1.807, 2.05) is 6.92 Å². The van der Waals surface area contributed by atoms with Crippen molar-refractivity contribution in [2.24, 2.45) is 0 Å². The van der Waals surface area contributed by atoms with Crippen molar-refractivity contribution in [3.8, 4) is 0 Å². The highest BCUT2D eigenvalue weighted by molar-refractivity contribution is 9.10. The predicted octanol–water partition coefficient (Wildman–Crippen LogP) is 2.24. The standard InChI is InChI=1S/C11H19BrN4O/c1-3-13-10-9(12)11(15-7-14-10)16-8(2)5-4-6-17/h7-8,17H,3-6H2,1-2H3,(H2,13,14,15,16). The molecule has 96 valence electrons. The summed E-state index contributed by atoms with van der Waals surface area (Å²) in [4.78, 5) is 8.35. The van der Waals surface area contributed by atoms with Crippen LogP contribution < -0.4 is 10.6 Å². The van der Waals surface area contributed by atoms with Gasteiger partial charge in [-0.15, -0.1) is 0 Å². The van der Waals surface area contributed by atoms with Crippen LogP contribution in [0.2, 0.25) is 0 Å². The molecule has 1 unspecified atom stereocenters. The number of hydrogen-bond acceptors (Lipinski definition) is 5. The number of rotatable bonds is 7. The van der Waals surface area contributed by atoms with Crippen LogP contribution in [0.4, 0.5) is 11.6 Å². The molecule has 1 atom stereocenters. The minimum Gasteiger partial charge on any atom is -0.396 e. The Morgan fingerprint density at radius 1 is 1.41 bits per heavy atom. The molecule has 5 nitrogen and oxygen atoms in total. The maximum atomic E-state index is 8.78. The number of aliphatic hydroxyl groups excluding tert-OH is 1. The molecule has 1 aromatic rings. The summed E-state index contributed by atoms with van der Waals surface area (Å²) in [7, 11) is 0. The lowest BCUT2D eigenvalue weighted by Crippen LogP contribution is -2.17. The predicted molar refractivity (Wildman–Crippen MR) is 73.3 cm³/mol. The Kier molecular flexibility index (Phi) is 6.21. The second-order valence-corrected chi connectivity index (χ2v) is 4.62. The summed E-state index contributed by atoms with van der Waals surface area (Å²) in [6, 6.07) is 0.267. The molecule has 1 rings (SSSR count). The highest BCUT2D eigenvalue weighted by Gasteiger charge is 2.10. The fourth-order valence-electron chi connectivity index (χ4n) is 1.46. The van der Waals surface area contributed by atoms with Gasteiger partial charge in [-0.1, -0.05) is 0 Å². The van der Waals surface area contributed by atoms with Crippen molar-refractivity contribution in [2.45, 2.75) is 32.7 Å². The van der Waals surface area contributed by atoms with E-state index in [0.717, 1.165) is 35.5 Å². The molecule has 0 amide bonds. The van der Waals surface area contributed by atoms with Crippen molar-refractivity contribution in [2.75, 3.05) is 23.8 Å². The van der Waals surface area contributed by atoms with Crippen LogP contribution in [0.1, 0.15) is 26.7 Å². The first-order valence-electron chi connectivity index (χ1n) is 5.80. The van der Waals surface area contributed by atoms with Gasteiger partial charge in [0.25, 0.3) is 0 Å². The first kappa shape index (κ1) is 14.2. The number of aliphatic hydroxyl groups is 1. The van der Waals surface area contributed by atoms with E-state index in [-0.39, 0.29) is 12.6 Å². The molecule has 0 aliphatic rings. The topological polar surface area (TPSA) is 70.1 Å². The molecule has 1 aromatic heterocycles. The van der Waals surface area contributed by atoms with Crippen molar-refractivity contribution in [1.29, 1.82) is 0 Å². The van der Waals surface area contributed by atoms with Crippen LogP contribution in [0.25, 0.3) is 0 Å². The molecule has 0 aliphatic heterocycles. The normalized spacial score (nSPS) is 12.2. The minimum absolute atomic E-state index is 0.222. The van der Waals surface area contributed by atoms with Crippen LogP contribution in [0.3, 0.4) is 0 Å². The van der Waals surface area contributed by atoms with E-state index < -0.39 is 0 Å². The molecule has 1 heterocycles. The summed E-state index contributed by atoms with van der Waals surface area (Å²) in [5, 5.41) is 15.2. The highest BCUT2D eigenvalue weighted by Crippen LogP contribution is 2.27. The van der Waals surface area contributed by atoms with Crippen molar-refractivity contribution >= 4 is 27.6 Å². The number of nitrogens with zero attached hydrogens (tertiary/aromatic N) is 2. The van der Waals surface area contributed by atoms with Crippen LogP contribution in [-0.4, -0.2) is 34.3 Å². The zero-order valence-electron chi connectivity index (χ0n) is 10.2. The van der Waals surface area contributed by atoms with Gasteiger partial charge >= 0.3 is 0 Å². The Hall–Kier alpha value is -0.880. The quantitative estimate of drug-likeness (QED) is 0.721. The third-order valence-electron chi connectivity index (χ3n) is 2.31. The fourth-order valence-corrected chi connectivity index (χ4v) is 1.92. The lowest BCUT2D eigenvalue weighted by molar-refractivity contribution is 0.282. The summed E-state index contributed by atoms with van der Waals surface area (Å²) < 4.78 is 0.845. The van der Waals surface area contributed by atoms with Crippen LogP contribution in [0.5, 0.6) is 0 Å². The van der Waals surface area contributed by atoms with Crippen molar-refractivity contribution in [1.82, 2.24) is 9.97 Å². The highest BCUT2D eigenvalue weighted by atomic mass is 79.9. The molecule has 0 saturated heterocycles. The third-order valence-corrected chi connectivity index (χ3v) is 3.06. The molecule has 0 aliphatic carbocycles. The lowest BCUT2D eigenvalue weighted by atomic mass is 10.2. The van der Waals surface area contributed by atoms with Gasteiger partial charge < -0.3 is 15.7 Å². The van der Waals surface area contributed by atoms with E-state index in [9.17, 15) is 0 Å². The molecule has 3 N–H and O–H groups in total. The summed E-state index contributed by atoms with van der Waals surface area (Å²) in [6.45, 7) is 5.12. The van der Waals surface area contributed by atoms with Gasteiger partial charge in [0.15, 0.2) is 0 Å². The van der Waals surface area contributed by atoms with Gasteiger partial charge in [-0.25, -0.2) is 9.97 Å². The van der Waals surface area contributed by atoms with Crippen molar-refractivity contribution < 1.29 is 5.11 Å². The number of halogens is 1. The maximum absolute atomic E-state index is 8.78. The van der Waals surface area contributed by atoms with Crippen LogP contribution >= 0.6 is 15.9 Å². The van der Waals surface area contributed by atoms with E-state index in [2.05, 4.69) is 43.5 Å². The van der Waals surface area contributed by atoms with E-state index in [1.54, 1.807) is 0 Å². The van der Waals surface area contributed by atoms with Crippen molar-refractivity contribution in [3.63, 3.8) is 0 Å². The molecular formula is C11H19BrN4O. The molecule has 17 heavy (non-hydrogen) atoms. The summed E-state index contributed by atoms with van der Waals surface area (Å²) >= 11 is 3.48. The molecule has 6 heteroatoms. The Labute approximate surface area is 110 Å². The number of aromatic nitrogens is 2. The number of nitrogens with one attached hydrogen (secondary N) is 2. The Bertz CT molecular complexity index is 348. The first-order chi connectivity index (χ1) is 8.19. The largest absolute Gasteiger partial charge is 0.396 e. The minimum atomic E-state index is 0.222. The van der Waals surface area contributed by atoms with Gasteiger partial charge in [-0.05, 0) is 42.6 Å². The maximum Gasteiger partial charge on any atom is 0.146 e. The number of anilines is 2. The van der Waals surface area contributed by atoms with E-state index in [4.69, 9.17) is 5.11 Å². The van der Waals surface area contributed by atoms with E-state index in [0.29, 0.717) is 0 Å². The van der Waals surface area contributed by atoms with Crippen LogP contribution in [0.15, 0.2) is 10.8 Å². The van der Waals surface area contributed by atoms with Gasteiger partial charge in [-0.2, -0.15) is 0 Å². The molecule has 0 fully saturated rings. The monoisotopic (exact) mass is 302 g/mol. The average molecular weight is 303 g/mol.